The lowest BCUT2D eigenvalue weighted by molar-refractivity contribution is -0.121. The first kappa shape index (κ1) is 22.7. The normalized spacial score (nSPS) is 16.6. The van der Waals surface area contributed by atoms with Gasteiger partial charge in [0.1, 0.15) is 5.82 Å². The monoisotopic (exact) mass is 447 g/mol. The molecule has 1 heterocycles. The van der Waals surface area contributed by atoms with Gasteiger partial charge in [-0.25, -0.2) is 12.8 Å². The van der Waals surface area contributed by atoms with Gasteiger partial charge >= 0.3 is 0 Å². The molecule has 1 fully saturated rings. The van der Waals surface area contributed by atoms with Crippen molar-refractivity contribution in [2.24, 2.45) is 0 Å². The van der Waals surface area contributed by atoms with Crippen molar-refractivity contribution in [1.29, 1.82) is 0 Å². The third-order valence-corrected chi connectivity index (χ3v) is 6.62. The average molecular weight is 448 g/mol. The van der Waals surface area contributed by atoms with E-state index in [2.05, 4.69) is 10.0 Å². The molecule has 2 amide bonds. The Morgan fingerprint density at radius 1 is 1.16 bits per heavy atom. The van der Waals surface area contributed by atoms with Crippen molar-refractivity contribution in [1.82, 2.24) is 10.2 Å². The molecule has 0 bridgehead atoms. The van der Waals surface area contributed by atoms with Crippen LogP contribution in [0.5, 0.6) is 0 Å². The van der Waals surface area contributed by atoms with Crippen LogP contribution in [0.4, 0.5) is 10.1 Å². The Bertz CT molecular complexity index is 1070. The van der Waals surface area contributed by atoms with Gasteiger partial charge in [-0.15, -0.1) is 0 Å². The number of piperidine rings is 1. The molecule has 1 saturated heterocycles. The molecule has 166 valence electrons. The van der Waals surface area contributed by atoms with E-state index in [9.17, 15) is 22.4 Å². The van der Waals surface area contributed by atoms with Crippen LogP contribution in [0.15, 0.2) is 47.4 Å². The fourth-order valence-electron chi connectivity index (χ4n) is 3.51. The first-order valence-electron chi connectivity index (χ1n) is 10.2. The molecule has 2 aromatic carbocycles. The molecule has 1 aliphatic heterocycles. The molecule has 2 N–H and O–H groups in total. The minimum absolute atomic E-state index is 0.0568. The summed E-state index contributed by atoms with van der Waals surface area (Å²) < 4.78 is 41.0. The summed E-state index contributed by atoms with van der Waals surface area (Å²) in [6.45, 7) is 4.45. The number of benzene rings is 2. The number of aryl methyl sites for hydroxylation is 1. The van der Waals surface area contributed by atoms with Crippen LogP contribution in [-0.2, 0) is 14.8 Å². The maximum Gasteiger partial charge on any atom is 0.261 e. The number of carbonyl (C=O) groups excluding carboxylic acids is 2. The Hall–Kier alpha value is -2.94. The lowest BCUT2D eigenvalue weighted by atomic mass is 10.0. The van der Waals surface area contributed by atoms with Crippen LogP contribution >= 0.6 is 0 Å². The first-order chi connectivity index (χ1) is 14.7. The fourth-order valence-corrected chi connectivity index (χ4v) is 4.59. The summed E-state index contributed by atoms with van der Waals surface area (Å²) in [5.41, 5.74) is 1.18. The van der Waals surface area contributed by atoms with E-state index in [4.69, 9.17) is 0 Å². The summed E-state index contributed by atoms with van der Waals surface area (Å²) in [5.74, 6) is -0.802. The van der Waals surface area contributed by atoms with Gasteiger partial charge in [-0.3, -0.25) is 14.3 Å². The molecule has 0 saturated carbocycles. The van der Waals surface area contributed by atoms with Crippen molar-refractivity contribution < 1.29 is 22.4 Å². The first-order valence-corrected chi connectivity index (χ1v) is 11.7. The summed E-state index contributed by atoms with van der Waals surface area (Å²) >= 11 is 0. The predicted molar refractivity (Wildman–Crippen MR) is 116 cm³/mol. The lowest BCUT2D eigenvalue weighted by Crippen LogP contribution is -2.49. The molecule has 0 aromatic heterocycles. The van der Waals surface area contributed by atoms with E-state index in [0.717, 1.165) is 25.0 Å². The molecular formula is C22H26FN3O4S. The summed E-state index contributed by atoms with van der Waals surface area (Å²) in [6.07, 6.45) is 1.93. The van der Waals surface area contributed by atoms with Gasteiger partial charge in [-0.1, -0.05) is 13.0 Å². The molecule has 3 rings (SSSR count). The third-order valence-electron chi connectivity index (χ3n) is 5.24. The molecule has 2 aromatic rings. The molecular weight excluding hydrogens is 421 g/mol. The molecule has 31 heavy (non-hydrogen) atoms. The highest BCUT2D eigenvalue weighted by molar-refractivity contribution is 7.92. The SMILES string of the molecule is CCC(=O)NC1CCCN(C(=O)c2cc(S(=O)(=O)Nc3ccc(F)cc3)ccc2C)C1. The zero-order valence-corrected chi connectivity index (χ0v) is 18.3. The van der Waals surface area contributed by atoms with Gasteiger partial charge in [0.05, 0.1) is 4.90 Å². The van der Waals surface area contributed by atoms with Gasteiger partial charge in [0.15, 0.2) is 0 Å². The number of hydrogen-bond donors (Lipinski definition) is 2. The van der Waals surface area contributed by atoms with Crippen LogP contribution < -0.4 is 10.0 Å². The Balaban J connectivity index is 1.80. The Morgan fingerprint density at radius 3 is 2.55 bits per heavy atom. The van der Waals surface area contributed by atoms with E-state index in [-0.39, 0.29) is 28.4 Å². The molecule has 7 nitrogen and oxygen atoms in total. The van der Waals surface area contributed by atoms with Crippen molar-refractivity contribution in [3.05, 3.63) is 59.4 Å². The molecule has 9 heteroatoms. The largest absolute Gasteiger partial charge is 0.352 e. The zero-order chi connectivity index (χ0) is 22.6. The summed E-state index contributed by atoms with van der Waals surface area (Å²) in [6, 6.07) is 9.23. The van der Waals surface area contributed by atoms with Gasteiger partial charge in [-0.05, 0) is 61.7 Å². The topological polar surface area (TPSA) is 95.6 Å². The number of rotatable bonds is 6. The predicted octanol–water partition coefficient (Wildman–Crippen LogP) is 3.07. The van der Waals surface area contributed by atoms with E-state index in [1.54, 1.807) is 24.8 Å². The standard InChI is InChI=1S/C22H26FN3O4S/c1-3-21(27)24-18-5-4-12-26(14-18)22(28)20-13-19(11-6-15(20)2)31(29,30)25-17-9-7-16(23)8-10-17/h6-11,13,18,25H,3-5,12,14H2,1-2H3,(H,24,27). The Kier molecular flexibility index (Phi) is 6.94. The van der Waals surface area contributed by atoms with Crippen LogP contribution in [0.1, 0.15) is 42.1 Å². The molecule has 0 spiro atoms. The van der Waals surface area contributed by atoms with Crippen LogP contribution in [0.2, 0.25) is 0 Å². The Labute approximate surface area is 181 Å². The number of nitrogens with one attached hydrogen (secondary N) is 2. The molecule has 1 atom stereocenters. The van der Waals surface area contributed by atoms with Gasteiger partial charge in [-0.2, -0.15) is 0 Å². The zero-order valence-electron chi connectivity index (χ0n) is 17.5. The molecule has 0 aliphatic carbocycles. The van der Waals surface area contributed by atoms with Gasteiger partial charge < -0.3 is 10.2 Å². The average Bonchev–Trinajstić information content (AvgIpc) is 2.75. The van der Waals surface area contributed by atoms with E-state index in [1.165, 1.54) is 24.3 Å². The number of carbonyl (C=O) groups is 2. The minimum atomic E-state index is -3.96. The quantitative estimate of drug-likeness (QED) is 0.711. The summed E-state index contributed by atoms with van der Waals surface area (Å²) in [7, 11) is -3.96. The third kappa shape index (κ3) is 5.61. The highest BCUT2D eigenvalue weighted by Gasteiger charge is 2.27. The van der Waals surface area contributed by atoms with Crippen molar-refractivity contribution in [3.63, 3.8) is 0 Å². The smallest absolute Gasteiger partial charge is 0.261 e. The van der Waals surface area contributed by atoms with E-state index in [1.807, 2.05) is 0 Å². The Morgan fingerprint density at radius 2 is 1.87 bits per heavy atom. The number of anilines is 1. The fraction of sp³-hybridized carbons (Fsp3) is 0.364. The van der Waals surface area contributed by atoms with Crippen molar-refractivity contribution in [2.45, 2.75) is 44.0 Å². The van der Waals surface area contributed by atoms with E-state index < -0.39 is 15.8 Å². The molecule has 0 radical (unpaired) electrons. The van der Waals surface area contributed by atoms with Crippen LogP contribution in [0.3, 0.4) is 0 Å². The van der Waals surface area contributed by atoms with Gasteiger partial charge in [0.2, 0.25) is 5.91 Å². The summed E-state index contributed by atoms with van der Waals surface area (Å²) in [4.78, 5) is 26.4. The van der Waals surface area contributed by atoms with Crippen LogP contribution in [0.25, 0.3) is 0 Å². The number of hydrogen-bond acceptors (Lipinski definition) is 4. The maximum absolute atomic E-state index is 13.2. The second-order valence-corrected chi connectivity index (χ2v) is 9.28. The highest BCUT2D eigenvalue weighted by atomic mass is 32.2. The van der Waals surface area contributed by atoms with Crippen molar-refractivity contribution >= 4 is 27.5 Å². The second kappa shape index (κ2) is 9.47. The molecule has 1 unspecified atom stereocenters. The number of likely N-dealkylation sites (tertiary alicyclic amines) is 1. The molecule has 1 aliphatic rings. The van der Waals surface area contributed by atoms with E-state index >= 15 is 0 Å². The lowest BCUT2D eigenvalue weighted by Gasteiger charge is -2.33. The van der Waals surface area contributed by atoms with Crippen LogP contribution in [-0.4, -0.2) is 44.3 Å². The van der Waals surface area contributed by atoms with Crippen molar-refractivity contribution in [3.8, 4) is 0 Å². The van der Waals surface area contributed by atoms with E-state index in [0.29, 0.717) is 30.6 Å². The van der Waals surface area contributed by atoms with Crippen molar-refractivity contribution in [2.75, 3.05) is 17.8 Å². The van der Waals surface area contributed by atoms with Crippen LogP contribution in [0, 0.1) is 12.7 Å². The number of nitrogens with zero attached hydrogens (tertiary/aromatic N) is 1. The highest BCUT2D eigenvalue weighted by Crippen LogP contribution is 2.22. The number of halogens is 1. The minimum Gasteiger partial charge on any atom is -0.352 e. The number of sulfonamides is 1. The number of amides is 2. The maximum atomic E-state index is 13.2. The van der Waals surface area contributed by atoms with Gasteiger partial charge in [0.25, 0.3) is 15.9 Å². The summed E-state index contributed by atoms with van der Waals surface area (Å²) in [5, 5.41) is 2.92. The van der Waals surface area contributed by atoms with Gasteiger partial charge in [0, 0.05) is 36.8 Å². The second-order valence-electron chi connectivity index (χ2n) is 7.60.